The van der Waals surface area contributed by atoms with Crippen molar-refractivity contribution in [1.29, 1.82) is 0 Å². The molecule has 116 valence electrons. The van der Waals surface area contributed by atoms with Crippen LogP contribution in [0.25, 0.3) is 0 Å². The van der Waals surface area contributed by atoms with Crippen LogP contribution in [-0.4, -0.2) is 57.4 Å². The summed E-state index contributed by atoms with van der Waals surface area (Å²) in [6.45, 7) is 8.84. The number of amides is 1. The number of aryl methyl sites for hydroxylation is 1. The summed E-state index contributed by atoms with van der Waals surface area (Å²) < 4.78 is 14.0. The number of fused-ring (bicyclic) bond motifs is 1. The molecular weight excluding hydrogens is 288 g/mol. The summed E-state index contributed by atoms with van der Waals surface area (Å²) >= 11 is 1.08. The molecule has 2 fully saturated rings. The first-order chi connectivity index (χ1) is 10.0. The first kappa shape index (κ1) is 14.9. The highest BCUT2D eigenvalue weighted by Crippen LogP contribution is 2.26. The Kier molecular flexibility index (Phi) is 4.24. The van der Waals surface area contributed by atoms with Crippen molar-refractivity contribution in [2.45, 2.75) is 45.4 Å². The number of hydrogen-bond acceptors (Lipinski definition) is 6. The van der Waals surface area contributed by atoms with Gasteiger partial charge in [0.25, 0.3) is 5.91 Å². The number of hydrogen-bond donors (Lipinski definition) is 1. The fourth-order valence-electron chi connectivity index (χ4n) is 3.10. The molecular formula is C14H22N4O2S. The van der Waals surface area contributed by atoms with E-state index in [0.29, 0.717) is 29.5 Å². The molecule has 7 heteroatoms. The number of morpholine rings is 1. The highest BCUT2D eigenvalue weighted by atomic mass is 32.1. The molecule has 1 amide bonds. The van der Waals surface area contributed by atoms with Gasteiger partial charge in [-0.3, -0.25) is 9.69 Å². The molecule has 2 aliphatic rings. The predicted molar refractivity (Wildman–Crippen MR) is 80.5 cm³/mol. The topological polar surface area (TPSA) is 67.3 Å². The summed E-state index contributed by atoms with van der Waals surface area (Å²) in [4.78, 5) is 14.7. The van der Waals surface area contributed by atoms with Gasteiger partial charge in [-0.2, -0.15) is 8.75 Å². The van der Waals surface area contributed by atoms with E-state index in [1.165, 1.54) is 0 Å². The molecule has 1 N–H and O–H groups in total. The lowest BCUT2D eigenvalue weighted by molar-refractivity contribution is -0.0683. The first-order valence-corrected chi connectivity index (χ1v) is 8.23. The van der Waals surface area contributed by atoms with Gasteiger partial charge in [0.1, 0.15) is 0 Å². The molecule has 0 aliphatic carbocycles. The lowest BCUT2D eigenvalue weighted by Crippen LogP contribution is -2.48. The Bertz CT molecular complexity index is 519. The largest absolute Gasteiger partial charge is 0.375 e. The van der Waals surface area contributed by atoms with Crippen LogP contribution < -0.4 is 5.32 Å². The van der Waals surface area contributed by atoms with Crippen molar-refractivity contribution >= 4 is 17.6 Å². The number of aromatic nitrogens is 2. The molecule has 1 aromatic heterocycles. The molecule has 0 bridgehead atoms. The molecule has 0 spiro atoms. The van der Waals surface area contributed by atoms with Crippen LogP contribution in [0.5, 0.6) is 0 Å². The molecule has 6 nitrogen and oxygen atoms in total. The molecule has 0 saturated carbocycles. The summed E-state index contributed by atoms with van der Waals surface area (Å²) in [5.74, 6) is 0.427. The van der Waals surface area contributed by atoms with Crippen LogP contribution in [0.4, 0.5) is 0 Å². The molecule has 3 atom stereocenters. The summed E-state index contributed by atoms with van der Waals surface area (Å²) in [6.07, 6.45) is 1.26. The van der Waals surface area contributed by atoms with E-state index in [0.717, 1.165) is 37.8 Å². The second kappa shape index (κ2) is 5.98. The SMILES string of the molecule is Cc1nsnc1C(=O)N[C@H]1C[C@H]2CO[C@@H](C(C)C)CN2C1. The Morgan fingerprint density at radius 3 is 2.90 bits per heavy atom. The number of nitrogens with zero attached hydrogens (tertiary/aromatic N) is 3. The van der Waals surface area contributed by atoms with E-state index < -0.39 is 0 Å². The van der Waals surface area contributed by atoms with E-state index in [-0.39, 0.29) is 11.9 Å². The molecule has 1 aromatic rings. The standard InChI is InChI=1S/C14H22N4O2S/c1-8(2)12-6-18-5-10(4-11(18)7-20-12)15-14(19)13-9(3)16-21-17-13/h8,10-12H,4-7H2,1-3H3,(H,15,19)/t10-,11-,12+/m0/s1. The minimum Gasteiger partial charge on any atom is -0.375 e. The zero-order valence-corrected chi connectivity index (χ0v) is 13.5. The van der Waals surface area contributed by atoms with E-state index in [1.54, 1.807) is 0 Å². The fraction of sp³-hybridized carbons (Fsp3) is 0.786. The minimum absolute atomic E-state index is 0.104. The van der Waals surface area contributed by atoms with Crippen LogP contribution in [0.1, 0.15) is 36.5 Å². The van der Waals surface area contributed by atoms with Gasteiger partial charge >= 0.3 is 0 Å². The third-order valence-corrected chi connectivity index (χ3v) is 5.01. The molecule has 2 aliphatic heterocycles. The minimum atomic E-state index is -0.104. The van der Waals surface area contributed by atoms with Crippen molar-refractivity contribution in [2.75, 3.05) is 19.7 Å². The van der Waals surface area contributed by atoms with Crippen LogP contribution in [0.3, 0.4) is 0 Å². The monoisotopic (exact) mass is 310 g/mol. The molecule has 2 saturated heterocycles. The average molecular weight is 310 g/mol. The van der Waals surface area contributed by atoms with Crippen LogP contribution in [0, 0.1) is 12.8 Å². The maximum absolute atomic E-state index is 12.2. The highest BCUT2D eigenvalue weighted by molar-refractivity contribution is 6.99. The molecule has 21 heavy (non-hydrogen) atoms. The van der Waals surface area contributed by atoms with Crippen LogP contribution in [0.2, 0.25) is 0 Å². The summed E-state index contributed by atoms with van der Waals surface area (Å²) in [5, 5.41) is 3.09. The van der Waals surface area contributed by atoms with Crippen molar-refractivity contribution in [3.8, 4) is 0 Å². The number of rotatable bonds is 3. The summed E-state index contributed by atoms with van der Waals surface area (Å²) in [6, 6.07) is 0.609. The Labute approximate surface area is 129 Å². The number of nitrogens with one attached hydrogen (secondary N) is 1. The van der Waals surface area contributed by atoms with E-state index in [4.69, 9.17) is 4.74 Å². The van der Waals surface area contributed by atoms with E-state index in [9.17, 15) is 4.79 Å². The molecule has 0 unspecified atom stereocenters. The third kappa shape index (κ3) is 3.09. The first-order valence-electron chi connectivity index (χ1n) is 7.50. The van der Waals surface area contributed by atoms with E-state index in [1.807, 2.05) is 6.92 Å². The van der Waals surface area contributed by atoms with Gasteiger partial charge < -0.3 is 10.1 Å². The maximum Gasteiger partial charge on any atom is 0.273 e. The fourth-order valence-corrected chi connectivity index (χ4v) is 3.65. The second-order valence-corrected chi connectivity index (χ2v) is 6.86. The average Bonchev–Trinajstić information content (AvgIpc) is 3.02. The van der Waals surface area contributed by atoms with Gasteiger partial charge in [-0.1, -0.05) is 13.8 Å². The Morgan fingerprint density at radius 1 is 1.43 bits per heavy atom. The second-order valence-electron chi connectivity index (χ2n) is 6.33. The molecule has 3 heterocycles. The number of carbonyl (C=O) groups excluding carboxylic acids is 1. The summed E-state index contributed by atoms with van der Waals surface area (Å²) in [7, 11) is 0. The normalized spacial score (nSPS) is 29.6. The van der Waals surface area contributed by atoms with Crippen molar-refractivity contribution < 1.29 is 9.53 Å². The number of ether oxygens (including phenoxy) is 1. The van der Waals surface area contributed by atoms with Crippen molar-refractivity contribution in [2.24, 2.45) is 5.92 Å². The lowest BCUT2D eigenvalue weighted by atomic mass is 10.0. The quantitative estimate of drug-likeness (QED) is 0.905. The van der Waals surface area contributed by atoms with Crippen molar-refractivity contribution in [3.05, 3.63) is 11.4 Å². The maximum atomic E-state index is 12.2. The van der Waals surface area contributed by atoms with Gasteiger partial charge in [0.15, 0.2) is 5.69 Å². The molecule has 0 aromatic carbocycles. The third-order valence-electron chi connectivity index (χ3n) is 4.39. The van der Waals surface area contributed by atoms with Gasteiger partial charge in [0, 0.05) is 25.2 Å². The smallest absolute Gasteiger partial charge is 0.273 e. The van der Waals surface area contributed by atoms with Gasteiger partial charge in [0.2, 0.25) is 0 Å². The Morgan fingerprint density at radius 2 is 2.24 bits per heavy atom. The van der Waals surface area contributed by atoms with Gasteiger partial charge in [-0.15, -0.1) is 0 Å². The Balaban J connectivity index is 1.58. The molecule has 0 radical (unpaired) electrons. The van der Waals surface area contributed by atoms with Crippen LogP contribution >= 0.6 is 11.7 Å². The highest BCUT2D eigenvalue weighted by Gasteiger charge is 2.38. The van der Waals surface area contributed by atoms with Crippen LogP contribution in [0.15, 0.2) is 0 Å². The molecule has 3 rings (SSSR count). The van der Waals surface area contributed by atoms with Gasteiger partial charge in [-0.05, 0) is 19.3 Å². The Hall–Kier alpha value is -1.05. The van der Waals surface area contributed by atoms with Crippen LogP contribution in [-0.2, 0) is 4.74 Å². The van der Waals surface area contributed by atoms with Gasteiger partial charge in [0.05, 0.1) is 30.1 Å². The lowest BCUT2D eigenvalue weighted by Gasteiger charge is -2.36. The predicted octanol–water partition coefficient (Wildman–Crippen LogP) is 1.07. The number of carbonyl (C=O) groups is 1. The van der Waals surface area contributed by atoms with Crippen molar-refractivity contribution in [3.63, 3.8) is 0 Å². The van der Waals surface area contributed by atoms with Crippen molar-refractivity contribution in [1.82, 2.24) is 19.0 Å². The zero-order chi connectivity index (χ0) is 15.0. The van der Waals surface area contributed by atoms with E-state index >= 15 is 0 Å². The summed E-state index contributed by atoms with van der Waals surface area (Å²) in [5.41, 5.74) is 1.16. The zero-order valence-electron chi connectivity index (χ0n) is 12.7. The van der Waals surface area contributed by atoms with Gasteiger partial charge in [-0.25, -0.2) is 0 Å². The van der Waals surface area contributed by atoms with E-state index in [2.05, 4.69) is 32.8 Å².